The fourth-order valence-corrected chi connectivity index (χ4v) is 2.88. The Morgan fingerprint density at radius 2 is 1.46 bits per heavy atom. The summed E-state index contributed by atoms with van der Waals surface area (Å²) in [5.74, 6) is -0.264. The summed E-state index contributed by atoms with van der Waals surface area (Å²) in [5, 5.41) is 5.86. The highest BCUT2D eigenvalue weighted by atomic mass is 16.2. The average molecular weight is 353 g/mol. The van der Waals surface area contributed by atoms with Crippen LogP contribution in [0.15, 0.2) is 42.5 Å². The summed E-state index contributed by atoms with van der Waals surface area (Å²) in [5.41, 5.74) is 4.81. The number of hydrogen-bond donors (Lipinski definition) is 2. The molecule has 0 saturated carbocycles. The van der Waals surface area contributed by atoms with Gasteiger partial charge in [0.25, 0.3) is 0 Å². The molecule has 0 radical (unpaired) electrons. The van der Waals surface area contributed by atoms with Crippen molar-refractivity contribution in [2.45, 2.75) is 27.2 Å². The zero-order valence-corrected chi connectivity index (χ0v) is 15.9. The van der Waals surface area contributed by atoms with Gasteiger partial charge in [0.1, 0.15) is 0 Å². The molecule has 2 amide bonds. The van der Waals surface area contributed by atoms with Gasteiger partial charge in [-0.25, -0.2) is 0 Å². The van der Waals surface area contributed by atoms with E-state index in [1.807, 2.05) is 56.3 Å². The van der Waals surface area contributed by atoms with Gasteiger partial charge in [0, 0.05) is 11.4 Å². The topological polar surface area (TPSA) is 61.4 Å². The first kappa shape index (κ1) is 19.7. The van der Waals surface area contributed by atoms with Gasteiger partial charge >= 0.3 is 0 Å². The molecule has 0 spiro atoms. The third kappa shape index (κ3) is 5.43. The first-order valence-electron chi connectivity index (χ1n) is 8.83. The fraction of sp³-hybridized carbons (Fsp3) is 0.333. The normalized spacial score (nSPS) is 10.7. The SMILES string of the molecule is CCc1ccccc1NC(=O)CN(C)CC(=O)Nc1c(C)cccc1C. The van der Waals surface area contributed by atoms with E-state index in [4.69, 9.17) is 0 Å². The number of aryl methyl sites for hydroxylation is 3. The Morgan fingerprint density at radius 1 is 0.885 bits per heavy atom. The van der Waals surface area contributed by atoms with Gasteiger partial charge in [-0.1, -0.05) is 43.3 Å². The maximum atomic E-state index is 12.3. The molecule has 2 rings (SSSR count). The number of benzene rings is 2. The molecule has 2 aromatic carbocycles. The zero-order valence-electron chi connectivity index (χ0n) is 15.9. The summed E-state index contributed by atoms with van der Waals surface area (Å²) in [4.78, 5) is 26.2. The van der Waals surface area contributed by atoms with Crippen LogP contribution in [0.2, 0.25) is 0 Å². The summed E-state index contributed by atoms with van der Waals surface area (Å²) in [6.07, 6.45) is 0.852. The number of nitrogens with one attached hydrogen (secondary N) is 2. The van der Waals surface area contributed by atoms with Crippen LogP contribution >= 0.6 is 0 Å². The maximum Gasteiger partial charge on any atom is 0.238 e. The number of nitrogens with zero attached hydrogens (tertiary/aromatic N) is 1. The van der Waals surface area contributed by atoms with E-state index in [1.54, 1.807) is 11.9 Å². The number of carbonyl (C=O) groups is 2. The number of likely N-dealkylation sites (N-methyl/N-ethyl adjacent to an activating group) is 1. The first-order chi connectivity index (χ1) is 12.4. The lowest BCUT2D eigenvalue weighted by Crippen LogP contribution is -2.36. The Labute approximate surface area is 155 Å². The van der Waals surface area contributed by atoms with E-state index in [-0.39, 0.29) is 24.9 Å². The van der Waals surface area contributed by atoms with Crippen molar-refractivity contribution in [2.75, 3.05) is 30.8 Å². The molecule has 138 valence electrons. The van der Waals surface area contributed by atoms with Gasteiger partial charge in [0.05, 0.1) is 13.1 Å². The van der Waals surface area contributed by atoms with Crippen LogP contribution in [0.3, 0.4) is 0 Å². The first-order valence-corrected chi connectivity index (χ1v) is 8.83. The number of hydrogen-bond acceptors (Lipinski definition) is 3. The molecule has 0 fully saturated rings. The lowest BCUT2D eigenvalue weighted by molar-refractivity contribution is -0.119. The Morgan fingerprint density at radius 3 is 2.08 bits per heavy atom. The van der Waals surface area contributed by atoms with Crippen LogP contribution in [-0.2, 0) is 16.0 Å². The van der Waals surface area contributed by atoms with Crippen LogP contribution in [0.1, 0.15) is 23.6 Å². The Kier molecular flexibility index (Phi) is 6.92. The highest BCUT2D eigenvalue weighted by Gasteiger charge is 2.13. The quantitative estimate of drug-likeness (QED) is 0.802. The van der Waals surface area contributed by atoms with E-state index in [0.717, 1.165) is 34.5 Å². The smallest absolute Gasteiger partial charge is 0.238 e. The molecule has 0 atom stereocenters. The molecule has 0 saturated heterocycles. The van der Waals surface area contributed by atoms with Crippen LogP contribution < -0.4 is 10.6 Å². The molecule has 5 heteroatoms. The molecule has 0 heterocycles. The van der Waals surface area contributed by atoms with Crippen LogP contribution in [0.4, 0.5) is 11.4 Å². The van der Waals surface area contributed by atoms with E-state index in [2.05, 4.69) is 17.6 Å². The van der Waals surface area contributed by atoms with Crippen LogP contribution in [0, 0.1) is 13.8 Å². The third-order valence-corrected chi connectivity index (χ3v) is 4.24. The second-order valence-corrected chi connectivity index (χ2v) is 6.55. The van der Waals surface area contributed by atoms with Crippen molar-refractivity contribution < 1.29 is 9.59 Å². The lowest BCUT2D eigenvalue weighted by Gasteiger charge is -2.18. The minimum Gasteiger partial charge on any atom is -0.325 e. The number of amides is 2. The van der Waals surface area contributed by atoms with Gasteiger partial charge < -0.3 is 10.6 Å². The average Bonchev–Trinajstić information content (AvgIpc) is 2.58. The molecular formula is C21H27N3O2. The van der Waals surface area contributed by atoms with Gasteiger partial charge in [0.2, 0.25) is 11.8 Å². The molecule has 0 unspecified atom stereocenters. The Balaban J connectivity index is 1.88. The largest absolute Gasteiger partial charge is 0.325 e. The van der Waals surface area contributed by atoms with Gasteiger partial charge in [-0.3, -0.25) is 14.5 Å². The van der Waals surface area contributed by atoms with Gasteiger partial charge in [-0.2, -0.15) is 0 Å². The lowest BCUT2D eigenvalue weighted by atomic mass is 10.1. The highest BCUT2D eigenvalue weighted by molar-refractivity contribution is 5.95. The maximum absolute atomic E-state index is 12.3. The van der Waals surface area contributed by atoms with Gasteiger partial charge in [0.15, 0.2) is 0 Å². The molecule has 0 aliphatic carbocycles. The van der Waals surface area contributed by atoms with Crippen molar-refractivity contribution >= 4 is 23.2 Å². The van der Waals surface area contributed by atoms with Gasteiger partial charge in [-0.15, -0.1) is 0 Å². The minimum atomic E-state index is -0.133. The zero-order chi connectivity index (χ0) is 19.1. The van der Waals surface area contributed by atoms with Crippen LogP contribution in [-0.4, -0.2) is 36.9 Å². The number of para-hydroxylation sites is 2. The van der Waals surface area contributed by atoms with Crippen molar-refractivity contribution in [3.63, 3.8) is 0 Å². The molecule has 0 bridgehead atoms. The minimum absolute atomic E-state index is 0.131. The predicted octanol–water partition coefficient (Wildman–Crippen LogP) is 3.37. The Hall–Kier alpha value is -2.66. The van der Waals surface area contributed by atoms with E-state index in [1.165, 1.54) is 0 Å². The fourth-order valence-electron chi connectivity index (χ4n) is 2.88. The molecule has 0 aliphatic heterocycles. The van der Waals surface area contributed by atoms with E-state index in [9.17, 15) is 9.59 Å². The number of rotatable bonds is 7. The summed E-state index contributed by atoms with van der Waals surface area (Å²) in [6.45, 7) is 6.28. The standard InChI is InChI=1S/C21H27N3O2/c1-5-17-11-6-7-12-18(17)22-19(25)13-24(4)14-20(26)23-21-15(2)9-8-10-16(21)3/h6-12H,5,13-14H2,1-4H3,(H,22,25)(H,23,26). The second kappa shape index (κ2) is 9.15. The predicted molar refractivity (Wildman–Crippen MR) is 106 cm³/mol. The molecule has 0 aliphatic rings. The van der Waals surface area contributed by atoms with Crippen LogP contribution in [0.5, 0.6) is 0 Å². The number of anilines is 2. The third-order valence-electron chi connectivity index (χ3n) is 4.24. The van der Waals surface area contributed by atoms with Crippen molar-refractivity contribution in [3.05, 3.63) is 59.2 Å². The van der Waals surface area contributed by atoms with E-state index < -0.39 is 0 Å². The number of carbonyl (C=O) groups excluding carboxylic acids is 2. The van der Waals surface area contributed by atoms with Crippen molar-refractivity contribution in [1.29, 1.82) is 0 Å². The Bertz CT molecular complexity index is 766. The van der Waals surface area contributed by atoms with E-state index >= 15 is 0 Å². The molecule has 5 nitrogen and oxygen atoms in total. The van der Waals surface area contributed by atoms with Crippen LogP contribution in [0.25, 0.3) is 0 Å². The molecule has 26 heavy (non-hydrogen) atoms. The van der Waals surface area contributed by atoms with Crippen molar-refractivity contribution in [2.24, 2.45) is 0 Å². The highest BCUT2D eigenvalue weighted by Crippen LogP contribution is 2.19. The monoisotopic (exact) mass is 353 g/mol. The molecule has 0 aromatic heterocycles. The summed E-state index contributed by atoms with van der Waals surface area (Å²) < 4.78 is 0. The van der Waals surface area contributed by atoms with Gasteiger partial charge in [-0.05, 0) is 50.1 Å². The second-order valence-electron chi connectivity index (χ2n) is 6.55. The van der Waals surface area contributed by atoms with Crippen molar-refractivity contribution in [1.82, 2.24) is 4.90 Å². The summed E-state index contributed by atoms with van der Waals surface area (Å²) in [6, 6.07) is 13.6. The molecule has 2 N–H and O–H groups in total. The molecular weight excluding hydrogens is 326 g/mol. The summed E-state index contributed by atoms with van der Waals surface area (Å²) in [7, 11) is 1.76. The summed E-state index contributed by atoms with van der Waals surface area (Å²) >= 11 is 0. The van der Waals surface area contributed by atoms with E-state index in [0.29, 0.717) is 0 Å². The molecule has 2 aromatic rings. The van der Waals surface area contributed by atoms with Crippen molar-refractivity contribution in [3.8, 4) is 0 Å².